The quantitative estimate of drug-likeness (QED) is 0.112. The smallest absolute Gasteiger partial charge is 0.171 e. The molecule has 0 aromatic heterocycles. The van der Waals surface area contributed by atoms with Crippen molar-refractivity contribution in [3.05, 3.63) is 156 Å². The number of hydrogen-bond donors (Lipinski definition) is 0. The summed E-state index contributed by atoms with van der Waals surface area (Å²) in [6, 6.07) is 40.2. The molecule has 0 spiro atoms. The summed E-state index contributed by atoms with van der Waals surface area (Å²) in [4.78, 5) is 0. The Morgan fingerprint density at radius 1 is 0.690 bits per heavy atom. The molecule has 6 rings (SSSR count). The molecular formula is C38H42Cl2SiZr-4. The van der Waals surface area contributed by atoms with Gasteiger partial charge in [-0.25, -0.2) is 12.2 Å². The zero-order valence-corrected chi connectivity index (χ0v) is 30.7. The SMILES string of the molecule is CC(C)(C)c1[c-]c2c(cc1)-c1ccc(C(C)(C)C)cc1C2.Cl.Cl.[C-]1=CC=CC1.[Si]=[Zr].[c-]1ccccc1.[c-]1ccccc1. The second-order valence-electron chi connectivity index (χ2n) is 11.5. The molecule has 0 aliphatic heterocycles. The summed E-state index contributed by atoms with van der Waals surface area (Å²) in [5.74, 6) is 0. The molecule has 2 aliphatic rings. The Morgan fingerprint density at radius 3 is 1.60 bits per heavy atom. The Morgan fingerprint density at radius 2 is 1.24 bits per heavy atom. The maximum atomic E-state index is 3.67. The molecule has 220 valence electrons. The number of fused-ring (bicyclic) bond motifs is 3. The molecule has 2 radical (unpaired) electrons. The van der Waals surface area contributed by atoms with Gasteiger partial charge >= 0.3 is 30.2 Å². The number of rotatable bonds is 0. The van der Waals surface area contributed by atoms with Crippen LogP contribution in [0.5, 0.6) is 0 Å². The van der Waals surface area contributed by atoms with Gasteiger partial charge in [-0.2, -0.15) is 103 Å². The first kappa shape index (κ1) is 40.0. The topological polar surface area (TPSA) is 0 Å². The Balaban J connectivity index is 0.000000651. The van der Waals surface area contributed by atoms with Crippen molar-refractivity contribution in [3.63, 3.8) is 0 Å². The van der Waals surface area contributed by atoms with Crippen LogP contribution in [-0.4, -0.2) is 6.88 Å². The number of hydrogen-bond acceptors (Lipinski definition) is 0. The molecule has 0 amide bonds. The summed E-state index contributed by atoms with van der Waals surface area (Å²) in [5.41, 5.74) is 8.70. The zero-order valence-electron chi connectivity index (χ0n) is 25.6. The molecule has 0 N–H and O–H groups in total. The molecule has 0 fully saturated rings. The van der Waals surface area contributed by atoms with Crippen LogP contribution >= 0.6 is 24.8 Å². The number of benzene rings is 4. The Kier molecular flexibility index (Phi) is 19.9. The molecule has 0 saturated heterocycles. The zero-order chi connectivity index (χ0) is 29.4. The van der Waals surface area contributed by atoms with Crippen molar-refractivity contribution in [1.29, 1.82) is 0 Å². The molecule has 4 aromatic rings. The minimum absolute atomic E-state index is 0. The van der Waals surface area contributed by atoms with E-state index in [1.807, 2.05) is 72.8 Å². The summed E-state index contributed by atoms with van der Waals surface area (Å²) in [6.07, 6.45) is 11.0. The van der Waals surface area contributed by atoms with Crippen LogP contribution in [0.25, 0.3) is 11.1 Å². The van der Waals surface area contributed by atoms with Gasteiger partial charge < -0.3 is 0 Å². The van der Waals surface area contributed by atoms with E-state index >= 15 is 0 Å². The predicted molar refractivity (Wildman–Crippen MR) is 183 cm³/mol. The fourth-order valence-corrected chi connectivity index (χ4v) is 4.05. The predicted octanol–water partition coefficient (Wildman–Crippen LogP) is 10.4. The van der Waals surface area contributed by atoms with Crippen LogP contribution in [0.15, 0.2) is 109 Å². The summed E-state index contributed by atoms with van der Waals surface area (Å²) in [7, 11) is 0. The van der Waals surface area contributed by atoms with Gasteiger partial charge in [0.1, 0.15) is 0 Å². The van der Waals surface area contributed by atoms with Crippen molar-refractivity contribution in [2.24, 2.45) is 0 Å². The van der Waals surface area contributed by atoms with Crippen LogP contribution in [0.4, 0.5) is 0 Å². The minimum atomic E-state index is 0. The first-order chi connectivity index (χ1) is 19.2. The molecule has 4 heteroatoms. The maximum absolute atomic E-state index is 3.67. The first-order valence-electron chi connectivity index (χ1n) is 13.6. The molecular weight excluding hydrogens is 647 g/mol. The molecule has 2 aliphatic carbocycles. The number of allylic oxidation sites excluding steroid dienone is 4. The fraction of sp³-hybridized carbons (Fsp3) is 0.263. The third kappa shape index (κ3) is 14.0. The van der Waals surface area contributed by atoms with E-state index in [1.54, 1.807) is 0 Å². The van der Waals surface area contributed by atoms with Crippen molar-refractivity contribution in [2.75, 3.05) is 0 Å². The van der Waals surface area contributed by atoms with E-state index < -0.39 is 0 Å². The van der Waals surface area contributed by atoms with Gasteiger partial charge in [0.2, 0.25) is 0 Å². The van der Waals surface area contributed by atoms with E-state index in [0.717, 1.165) is 12.8 Å². The standard InChI is InChI=1S/C21H25.2C6H5.C5H5.2ClH.Si.Zr/c1-20(2,3)16-7-9-18-14(12-16)11-15-13-17(21(4,5)6)8-10-19(15)18;2*1-2-4-6-5-3-1;1-2-4-5-3-1;;;;/h7-10,12H,11H2,1-6H3;2*1-5H;1-3H,4H2;2*1H;;/q4*-1;;;;. The fourth-order valence-electron chi connectivity index (χ4n) is 4.05. The van der Waals surface area contributed by atoms with E-state index in [1.165, 1.54) is 56.7 Å². The van der Waals surface area contributed by atoms with Gasteiger partial charge in [0, 0.05) is 0 Å². The summed E-state index contributed by atoms with van der Waals surface area (Å²) < 4.78 is 0. The second kappa shape index (κ2) is 20.9. The van der Waals surface area contributed by atoms with Gasteiger partial charge in [0.05, 0.1) is 0 Å². The summed E-state index contributed by atoms with van der Waals surface area (Å²) in [5, 5.41) is 0. The van der Waals surface area contributed by atoms with Gasteiger partial charge in [-0.1, -0.05) is 65.3 Å². The minimum Gasteiger partial charge on any atom is -0.184 e. The average Bonchev–Trinajstić information content (AvgIpc) is 3.67. The third-order valence-electron chi connectivity index (χ3n) is 6.26. The maximum Gasteiger partial charge on any atom is -0.171 e. The summed E-state index contributed by atoms with van der Waals surface area (Å²) in [6.45, 7) is 16.7. The Hall–Kier alpha value is -1.96. The van der Waals surface area contributed by atoms with Crippen molar-refractivity contribution < 1.29 is 23.3 Å². The largest absolute Gasteiger partial charge is 0.184 e. The molecule has 42 heavy (non-hydrogen) atoms. The molecule has 0 bridgehead atoms. The van der Waals surface area contributed by atoms with Gasteiger partial charge in [-0.05, 0) is 28.4 Å². The second-order valence-corrected chi connectivity index (χ2v) is 11.5. The molecule has 0 nitrogen and oxygen atoms in total. The van der Waals surface area contributed by atoms with Crippen molar-refractivity contribution >= 4 is 31.7 Å². The van der Waals surface area contributed by atoms with Crippen LogP contribution in [0.2, 0.25) is 0 Å². The van der Waals surface area contributed by atoms with Crippen molar-refractivity contribution in [1.82, 2.24) is 0 Å². The first-order valence-corrected chi connectivity index (χ1v) is 17.8. The number of halogens is 2. The monoisotopic (exact) mass is 686 g/mol. The van der Waals surface area contributed by atoms with Crippen LogP contribution in [-0.2, 0) is 40.6 Å². The molecule has 0 unspecified atom stereocenters. The summed E-state index contributed by atoms with van der Waals surface area (Å²) >= 11 is 1.36. The van der Waals surface area contributed by atoms with Crippen LogP contribution in [0.3, 0.4) is 0 Å². The molecule has 0 atom stereocenters. The van der Waals surface area contributed by atoms with E-state index in [2.05, 4.69) is 109 Å². The van der Waals surface area contributed by atoms with Crippen molar-refractivity contribution in [2.45, 2.75) is 65.2 Å². The van der Waals surface area contributed by atoms with Gasteiger partial charge in [0.15, 0.2) is 0 Å². The van der Waals surface area contributed by atoms with Crippen LogP contribution in [0.1, 0.15) is 70.2 Å². The van der Waals surface area contributed by atoms with Crippen molar-refractivity contribution in [3.8, 4) is 11.1 Å². The third-order valence-corrected chi connectivity index (χ3v) is 6.26. The Bertz CT molecular complexity index is 1180. The molecule has 0 heterocycles. The van der Waals surface area contributed by atoms with E-state index in [0.29, 0.717) is 0 Å². The van der Waals surface area contributed by atoms with Crippen LogP contribution < -0.4 is 0 Å². The van der Waals surface area contributed by atoms with E-state index in [-0.39, 0.29) is 35.6 Å². The van der Waals surface area contributed by atoms with Gasteiger partial charge in [-0.15, -0.1) is 42.4 Å². The Labute approximate surface area is 285 Å². The van der Waals surface area contributed by atoms with E-state index in [9.17, 15) is 0 Å². The average molecular weight is 689 g/mol. The van der Waals surface area contributed by atoms with Gasteiger partial charge in [0.25, 0.3) is 0 Å². The van der Waals surface area contributed by atoms with Gasteiger partial charge in [-0.3, -0.25) is 6.08 Å². The molecule has 0 saturated carbocycles. The van der Waals surface area contributed by atoms with E-state index in [4.69, 9.17) is 0 Å². The van der Waals surface area contributed by atoms with Crippen LogP contribution in [0, 0.1) is 24.3 Å². The molecule has 4 aromatic carbocycles. The normalized spacial score (nSPS) is 11.5.